The first kappa shape index (κ1) is 11.8. The molecule has 2 heterocycles. The number of aryl methyl sites for hydroxylation is 1. The number of aromatic nitrogens is 3. The van der Waals surface area contributed by atoms with Gasteiger partial charge < -0.3 is 5.32 Å². The summed E-state index contributed by atoms with van der Waals surface area (Å²) in [6.07, 6.45) is 6.65. The second-order valence-electron chi connectivity index (χ2n) is 3.91. The van der Waals surface area contributed by atoms with Crippen molar-refractivity contribution in [1.82, 2.24) is 20.1 Å². The van der Waals surface area contributed by atoms with E-state index < -0.39 is 0 Å². The Morgan fingerprint density at radius 2 is 2.24 bits per heavy atom. The predicted octanol–water partition coefficient (Wildman–Crippen LogP) is 1.63. The lowest BCUT2D eigenvalue weighted by molar-refractivity contribution is 0.550. The molecule has 0 bridgehead atoms. The highest BCUT2D eigenvalue weighted by molar-refractivity contribution is 5.19. The van der Waals surface area contributed by atoms with Crippen molar-refractivity contribution < 1.29 is 0 Å². The van der Waals surface area contributed by atoms with Crippen molar-refractivity contribution in [1.29, 1.82) is 0 Å². The van der Waals surface area contributed by atoms with Crippen LogP contribution in [0.2, 0.25) is 0 Å². The van der Waals surface area contributed by atoms with E-state index in [0.717, 1.165) is 31.7 Å². The normalized spacial score (nSPS) is 10.6. The molecular weight excluding hydrogens is 212 g/mol. The van der Waals surface area contributed by atoms with Gasteiger partial charge in [0.2, 0.25) is 0 Å². The topological polar surface area (TPSA) is 42.7 Å². The number of rotatable bonds is 6. The minimum Gasteiger partial charge on any atom is -0.309 e. The smallest absolute Gasteiger partial charge is 0.0573 e. The molecule has 0 saturated heterocycles. The summed E-state index contributed by atoms with van der Waals surface area (Å²) in [5.74, 6) is 0. The molecule has 0 aliphatic rings. The van der Waals surface area contributed by atoms with E-state index in [1.54, 1.807) is 6.20 Å². The Hall–Kier alpha value is -1.68. The number of nitrogens with zero attached hydrogens (tertiary/aromatic N) is 3. The van der Waals surface area contributed by atoms with Crippen molar-refractivity contribution in [2.24, 2.45) is 0 Å². The SMILES string of the molecule is CCc1cccnc1CNCCn1cccn1. The van der Waals surface area contributed by atoms with Crippen molar-refractivity contribution in [3.63, 3.8) is 0 Å². The zero-order valence-corrected chi connectivity index (χ0v) is 10.1. The van der Waals surface area contributed by atoms with Crippen molar-refractivity contribution >= 4 is 0 Å². The fourth-order valence-electron chi connectivity index (χ4n) is 1.79. The van der Waals surface area contributed by atoms with Crippen molar-refractivity contribution in [3.8, 4) is 0 Å². The molecule has 0 spiro atoms. The number of pyridine rings is 1. The van der Waals surface area contributed by atoms with Crippen LogP contribution in [0.4, 0.5) is 0 Å². The highest BCUT2D eigenvalue weighted by atomic mass is 15.3. The third-order valence-electron chi connectivity index (χ3n) is 2.73. The second kappa shape index (κ2) is 6.15. The minimum atomic E-state index is 0.825. The van der Waals surface area contributed by atoms with Gasteiger partial charge in [0.05, 0.1) is 12.2 Å². The Labute approximate surface area is 102 Å². The molecule has 90 valence electrons. The highest BCUT2D eigenvalue weighted by Crippen LogP contribution is 2.05. The molecular formula is C13H18N4. The van der Waals surface area contributed by atoms with Gasteiger partial charge in [0.1, 0.15) is 0 Å². The Morgan fingerprint density at radius 3 is 3.00 bits per heavy atom. The highest BCUT2D eigenvalue weighted by Gasteiger charge is 2.00. The van der Waals surface area contributed by atoms with Gasteiger partial charge in [-0.2, -0.15) is 5.10 Å². The first-order valence-electron chi connectivity index (χ1n) is 6.01. The summed E-state index contributed by atoms with van der Waals surface area (Å²) in [5.41, 5.74) is 2.47. The molecule has 0 radical (unpaired) electrons. The summed E-state index contributed by atoms with van der Waals surface area (Å²) >= 11 is 0. The Morgan fingerprint density at radius 1 is 1.29 bits per heavy atom. The van der Waals surface area contributed by atoms with Crippen molar-refractivity contribution in [2.75, 3.05) is 6.54 Å². The van der Waals surface area contributed by atoms with Crippen LogP contribution in [0.1, 0.15) is 18.2 Å². The average Bonchev–Trinajstić information content (AvgIpc) is 2.88. The van der Waals surface area contributed by atoms with Gasteiger partial charge in [-0.15, -0.1) is 0 Å². The summed E-state index contributed by atoms with van der Waals surface area (Å²) < 4.78 is 1.92. The van der Waals surface area contributed by atoms with Gasteiger partial charge in [-0.1, -0.05) is 13.0 Å². The maximum atomic E-state index is 4.40. The number of hydrogen-bond donors (Lipinski definition) is 1. The second-order valence-corrected chi connectivity index (χ2v) is 3.91. The quantitative estimate of drug-likeness (QED) is 0.767. The Bertz CT molecular complexity index is 436. The van der Waals surface area contributed by atoms with Crippen molar-refractivity contribution in [2.45, 2.75) is 26.4 Å². The fraction of sp³-hybridized carbons (Fsp3) is 0.385. The zero-order chi connectivity index (χ0) is 11.9. The lowest BCUT2D eigenvalue weighted by Gasteiger charge is -2.08. The van der Waals surface area contributed by atoms with Gasteiger partial charge in [-0.25, -0.2) is 0 Å². The number of nitrogens with one attached hydrogen (secondary N) is 1. The van der Waals surface area contributed by atoms with E-state index in [0.29, 0.717) is 0 Å². The van der Waals surface area contributed by atoms with E-state index >= 15 is 0 Å². The average molecular weight is 230 g/mol. The monoisotopic (exact) mass is 230 g/mol. The van der Waals surface area contributed by atoms with Crippen molar-refractivity contribution in [3.05, 3.63) is 48.0 Å². The molecule has 2 aromatic heterocycles. The summed E-state index contributed by atoms with van der Waals surface area (Å²) in [4.78, 5) is 4.40. The van der Waals surface area contributed by atoms with Crippen LogP contribution >= 0.6 is 0 Å². The van der Waals surface area contributed by atoms with Crippen LogP contribution in [0.3, 0.4) is 0 Å². The summed E-state index contributed by atoms with van der Waals surface area (Å²) in [6, 6.07) is 6.07. The molecule has 0 aliphatic carbocycles. The Balaban J connectivity index is 1.78. The molecule has 0 aliphatic heterocycles. The summed E-state index contributed by atoms with van der Waals surface area (Å²) in [5, 5.41) is 7.55. The third-order valence-corrected chi connectivity index (χ3v) is 2.73. The van der Waals surface area contributed by atoms with E-state index in [4.69, 9.17) is 0 Å². The maximum absolute atomic E-state index is 4.40. The molecule has 0 amide bonds. The molecule has 0 saturated carbocycles. The molecule has 2 aromatic rings. The molecule has 1 N–H and O–H groups in total. The van der Waals surface area contributed by atoms with Gasteiger partial charge in [0.15, 0.2) is 0 Å². The van der Waals surface area contributed by atoms with Gasteiger partial charge in [0, 0.05) is 31.7 Å². The van der Waals surface area contributed by atoms with Gasteiger partial charge in [0.25, 0.3) is 0 Å². The van der Waals surface area contributed by atoms with Crippen LogP contribution in [0.5, 0.6) is 0 Å². The van der Waals surface area contributed by atoms with Crippen LogP contribution in [-0.4, -0.2) is 21.3 Å². The zero-order valence-electron chi connectivity index (χ0n) is 10.1. The summed E-state index contributed by atoms with van der Waals surface area (Å²) in [6.45, 7) is 4.78. The lowest BCUT2D eigenvalue weighted by Crippen LogP contribution is -2.21. The summed E-state index contributed by atoms with van der Waals surface area (Å²) in [7, 11) is 0. The number of hydrogen-bond acceptors (Lipinski definition) is 3. The maximum Gasteiger partial charge on any atom is 0.0573 e. The van der Waals surface area contributed by atoms with E-state index in [1.807, 2.05) is 29.2 Å². The largest absolute Gasteiger partial charge is 0.309 e. The van der Waals surface area contributed by atoms with Gasteiger partial charge >= 0.3 is 0 Å². The van der Waals surface area contributed by atoms with Crippen LogP contribution < -0.4 is 5.32 Å². The minimum absolute atomic E-state index is 0.825. The Kier molecular flexibility index (Phi) is 4.27. The van der Waals surface area contributed by atoms with E-state index in [9.17, 15) is 0 Å². The van der Waals surface area contributed by atoms with E-state index in [-0.39, 0.29) is 0 Å². The molecule has 17 heavy (non-hydrogen) atoms. The molecule has 4 nitrogen and oxygen atoms in total. The molecule has 2 rings (SSSR count). The van der Waals surface area contributed by atoms with E-state index in [2.05, 4.69) is 28.4 Å². The van der Waals surface area contributed by atoms with Gasteiger partial charge in [-0.05, 0) is 24.1 Å². The molecule has 4 heteroatoms. The third kappa shape index (κ3) is 3.39. The first-order valence-corrected chi connectivity index (χ1v) is 6.01. The molecule has 0 fully saturated rings. The lowest BCUT2D eigenvalue weighted by atomic mass is 10.1. The fourth-order valence-corrected chi connectivity index (χ4v) is 1.79. The molecule has 0 atom stereocenters. The van der Waals surface area contributed by atoms with Crippen LogP contribution in [-0.2, 0) is 19.5 Å². The first-order chi connectivity index (χ1) is 8.40. The van der Waals surface area contributed by atoms with Crippen LogP contribution in [0, 0.1) is 0 Å². The van der Waals surface area contributed by atoms with E-state index in [1.165, 1.54) is 5.56 Å². The van der Waals surface area contributed by atoms with Gasteiger partial charge in [-0.3, -0.25) is 9.67 Å². The van der Waals surface area contributed by atoms with Crippen LogP contribution in [0.25, 0.3) is 0 Å². The predicted molar refractivity (Wildman–Crippen MR) is 67.5 cm³/mol. The van der Waals surface area contributed by atoms with Crippen LogP contribution in [0.15, 0.2) is 36.8 Å². The standard InChI is InChI=1S/C13H18N4/c1-2-12-5-3-6-15-13(12)11-14-8-10-17-9-4-7-16-17/h3-7,9,14H,2,8,10-11H2,1H3. The molecule has 0 aromatic carbocycles. The molecule has 0 unspecified atom stereocenters.